The molecule has 0 aromatic heterocycles. The van der Waals surface area contributed by atoms with Gasteiger partial charge in [0.15, 0.2) is 0 Å². The third kappa shape index (κ3) is 2.48. The SMILES string of the molecule is O=C(NCC1Cc2ccccc21)c1cccc(Br)c1Cl. The molecule has 1 aliphatic carbocycles. The van der Waals surface area contributed by atoms with Crippen molar-refractivity contribution in [2.75, 3.05) is 6.54 Å². The van der Waals surface area contributed by atoms with Gasteiger partial charge < -0.3 is 5.32 Å². The van der Waals surface area contributed by atoms with Crippen molar-refractivity contribution in [3.05, 3.63) is 68.7 Å². The van der Waals surface area contributed by atoms with Crippen LogP contribution in [-0.4, -0.2) is 12.5 Å². The summed E-state index contributed by atoms with van der Waals surface area (Å²) in [6.07, 6.45) is 1.03. The number of benzene rings is 2. The molecule has 2 aromatic carbocycles. The molecule has 1 aliphatic rings. The average molecular weight is 351 g/mol. The van der Waals surface area contributed by atoms with Crippen molar-refractivity contribution in [1.82, 2.24) is 5.32 Å². The summed E-state index contributed by atoms with van der Waals surface area (Å²) in [6.45, 7) is 0.651. The summed E-state index contributed by atoms with van der Waals surface area (Å²) in [5.41, 5.74) is 3.23. The van der Waals surface area contributed by atoms with Crippen LogP contribution in [0, 0.1) is 0 Å². The maximum absolute atomic E-state index is 12.2. The highest BCUT2D eigenvalue weighted by Gasteiger charge is 2.25. The van der Waals surface area contributed by atoms with E-state index < -0.39 is 0 Å². The second kappa shape index (κ2) is 5.58. The van der Waals surface area contributed by atoms with Gasteiger partial charge in [0.2, 0.25) is 0 Å². The van der Waals surface area contributed by atoms with Crippen molar-refractivity contribution >= 4 is 33.4 Å². The van der Waals surface area contributed by atoms with Crippen LogP contribution in [0.3, 0.4) is 0 Å². The van der Waals surface area contributed by atoms with Gasteiger partial charge in [-0.15, -0.1) is 0 Å². The molecule has 1 unspecified atom stereocenters. The Morgan fingerprint density at radius 1 is 1.25 bits per heavy atom. The topological polar surface area (TPSA) is 29.1 Å². The van der Waals surface area contributed by atoms with Crippen LogP contribution in [0.4, 0.5) is 0 Å². The van der Waals surface area contributed by atoms with Gasteiger partial charge in [0.25, 0.3) is 5.91 Å². The lowest BCUT2D eigenvalue weighted by Gasteiger charge is -2.30. The van der Waals surface area contributed by atoms with Crippen LogP contribution in [-0.2, 0) is 6.42 Å². The fourth-order valence-corrected chi connectivity index (χ4v) is 3.11. The smallest absolute Gasteiger partial charge is 0.252 e. The predicted octanol–water partition coefficient (Wildman–Crippen LogP) is 4.17. The Morgan fingerprint density at radius 3 is 2.85 bits per heavy atom. The fourth-order valence-electron chi connectivity index (χ4n) is 2.54. The van der Waals surface area contributed by atoms with Crippen LogP contribution < -0.4 is 5.32 Å². The second-order valence-electron chi connectivity index (χ2n) is 4.91. The Hall–Kier alpha value is -1.32. The van der Waals surface area contributed by atoms with Gasteiger partial charge in [-0.2, -0.15) is 0 Å². The highest BCUT2D eigenvalue weighted by atomic mass is 79.9. The minimum absolute atomic E-state index is 0.124. The van der Waals surface area contributed by atoms with Crippen LogP contribution in [0.15, 0.2) is 46.9 Å². The first-order chi connectivity index (χ1) is 9.66. The number of hydrogen-bond donors (Lipinski definition) is 1. The minimum Gasteiger partial charge on any atom is -0.351 e. The Balaban J connectivity index is 1.65. The molecule has 3 rings (SSSR count). The lowest BCUT2D eigenvalue weighted by molar-refractivity contribution is 0.0950. The second-order valence-corrected chi connectivity index (χ2v) is 6.14. The van der Waals surface area contributed by atoms with E-state index in [2.05, 4.69) is 39.4 Å². The standard InChI is InChI=1S/C16H13BrClNO/c17-14-7-3-6-13(15(14)18)16(20)19-9-11-8-10-4-1-2-5-12(10)11/h1-7,11H,8-9H2,(H,19,20). The average Bonchev–Trinajstić information content (AvgIpc) is 2.42. The van der Waals surface area contributed by atoms with E-state index in [1.165, 1.54) is 11.1 Å². The third-order valence-electron chi connectivity index (χ3n) is 3.67. The van der Waals surface area contributed by atoms with Crippen molar-refractivity contribution in [2.45, 2.75) is 12.3 Å². The lowest BCUT2D eigenvalue weighted by atomic mass is 9.77. The highest BCUT2D eigenvalue weighted by Crippen LogP contribution is 2.34. The number of fused-ring (bicyclic) bond motifs is 1. The van der Waals surface area contributed by atoms with Gasteiger partial charge in [0, 0.05) is 16.9 Å². The van der Waals surface area contributed by atoms with Crippen molar-refractivity contribution in [3.63, 3.8) is 0 Å². The molecule has 0 spiro atoms. The normalized spacial score (nSPS) is 16.2. The molecule has 0 fully saturated rings. The van der Waals surface area contributed by atoms with Gasteiger partial charge in [0.05, 0.1) is 10.6 Å². The first-order valence-corrected chi connectivity index (χ1v) is 7.64. The first-order valence-electron chi connectivity index (χ1n) is 6.47. The highest BCUT2D eigenvalue weighted by molar-refractivity contribution is 9.10. The van der Waals surface area contributed by atoms with Crippen LogP contribution in [0.5, 0.6) is 0 Å². The number of hydrogen-bond acceptors (Lipinski definition) is 1. The van der Waals surface area contributed by atoms with Crippen LogP contribution >= 0.6 is 27.5 Å². The largest absolute Gasteiger partial charge is 0.351 e. The first kappa shape index (κ1) is 13.7. The molecular formula is C16H13BrClNO. The molecule has 20 heavy (non-hydrogen) atoms. The van der Waals surface area contributed by atoms with E-state index in [0.29, 0.717) is 23.0 Å². The summed E-state index contributed by atoms with van der Waals surface area (Å²) in [4.78, 5) is 12.2. The summed E-state index contributed by atoms with van der Waals surface area (Å²) >= 11 is 9.45. The van der Waals surface area contributed by atoms with E-state index in [9.17, 15) is 4.79 Å². The van der Waals surface area contributed by atoms with Crippen molar-refractivity contribution in [2.24, 2.45) is 0 Å². The Morgan fingerprint density at radius 2 is 2.05 bits per heavy atom. The van der Waals surface area contributed by atoms with Crippen molar-refractivity contribution in [1.29, 1.82) is 0 Å². The van der Waals surface area contributed by atoms with Gasteiger partial charge in [-0.1, -0.05) is 41.9 Å². The molecule has 2 nitrogen and oxygen atoms in total. The molecule has 2 aromatic rings. The summed E-state index contributed by atoms with van der Waals surface area (Å²) < 4.78 is 0.737. The zero-order valence-corrected chi connectivity index (χ0v) is 13.0. The molecule has 1 atom stereocenters. The monoisotopic (exact) mass is 349 g/mol. The summed E-state index contributed by atoms with van der Waals surface area (Å²) in [5.74, 6) is 0.293. The Labute approximate surface area is 131 Å². The molecular weight excluding hydrogens is 338 g/mol. The van der Waals surface area contributed by atoms with Gasteiger partial charge >= 0.3 is 0 Å². The van der Waals surface area contributed by atoms with Crippen LogP contribution in [0.1, 0.15) is 27.4 Å². The molecule has 4 heteroatoms. The predicted molar refractivity (Wildman–Crippen MR) is 84.4 cm³/mol. The molecule has 1 N–H and O–H groups in total. The third-order valence-corrected chi connectivity index (χ3v) is 4.96. The number of nitrogens with one attached hydrogen (secondary N) is 1. The molecule has 102 valence electrons. The van der Waals surface area contributed by atoms with Gasteiger partial charge in [0.1, 0.15) is 0 Å². The van der Waals surface area contributed by atoms with Gasteiger partial charge in [-0.3, -0.25) is 4.79 Å². The summed E-state index contributed by atoms with van der Waals surface area (Å²) in [7, 11) is 0. The number of rotatable bonds is 3. The molecule has 0 aliphatic heterocycles. The van der Waals surface area contributed by atoms with Crippen LogP contribution in [0.25, 0.3) is 0 Å². The van der Waals surface area contributed by atoms with Gasteiger partial charge in [-0.05, 0) is 45.6 Å². The minimum atomic E-state index is -0.124. The number of carbonyl (C=O) groups excluding carboxylic acids is 1. The number of carbonyl (C=O) groups is 1. The van der Waals surface area contributed by atoms with Crippen molar-refractivity contribution < 1.29 is 4.79 Å². The summed E-state index contributed by atoms with van der Waals surface area (Å²) in [5, 5.41) is 3.42. The summed E-state index contributed by atoms with van der Waals surface area (Å²) in [6, 6.07) is 13.7. The quantitative estimate of drug-likeness (QED) is 0.884. The maximum Gasteiger partial charge on any atom is 0.252 e. The van der Waals surface area contributed by atoms with E-state index in [1.54, 1.807) is 6.07 Å². The van der Waals surface area contributed by atoms with E-state index >= 15 is 0 Å². The maximum atomic E-state index is 12.2. The van der Waals surface area contributed by atoms with E-state index in [4.69, 9.17) is 11.6 Å². The molecule has 0 radical (unpaired) electrons. The zero-order valence-electron chi connectivity index (χ0n) is 10.7. The lowest BCUT2D eigenvalue weighted by Crippen LogP contribution is -2.33. The zero-order chi connectivity index (χ0) is 14.1. The fraction of sp³-hybridized carbons (Fsp3) is 0.188. The van der Waals surface area contributed by atoms with E-state index in [-0.39, 0.29) is 5.91 Å². The number of halogens is 2. The molecule has 0 saturated carbocycles. The molecule has 0 heterocycles. The van der Waals surface area contributed by atoms with Gasteiger partial charge in [-0.25, -0.2) is 0 Å². The molecule has 0 bridgehead atoms. The van der Waals surface area contributed by atoms with Crippen molar-refractivity contribution in [3.8, 4) is 0 Å². The Kier molecular flexibility index (Phi) is 3.81. The Bertz CT molecular complexity index is 671. The van der Waals surface area contributed by atoms with E-state index in [1.807, 2.05) is 18.2 Å². The van der Waals surface area contributed by atoms with Crippen LogP contribution in [0.2, 0.25) is 5.02 Å². The molecule has 0 saturated heterocycles. The molecule has 1 amide bonds. The number of amides is 1. The van der Waals surface area contributed by atoms with E-state index in [0.717, 1.165) is 10.9 Å².